The number of carbonyl (C=O) groups excluding carboxylic acids is 1. The van der Waals surface area contributed by atoms with Crippen LogP contribution in [0, 0.1) is 0 Å². The summed E-state index contributed by atoms with van der Waals surface area (Å²) in [7, 11) is 0. The molecule has 0 rings (SSSR count). The van der Waals surface area contributed by atoms with E-state index >= 15 is 0 Å². The smallest absolute Gasteiger partial charge is 0.333 e. The molecular formula is C15H28F2O3. The summed E-state index contributed by atoms with van der Waals surface area (Å²) < 4.78 is 30.0. The molecule has 120 valence electrons. The maximum absolute atomic E-state index is 11.1. The molecule has 0 aromatic carbocycles. The standard InChI is InChI=1S/C14H26O3.CH2F2/c1-6-7-9-14(4,5)17-11-8-10-16-13(15)12(2)3;2-1-3/h2,6-11H2,1,3-5H3;1H2. The molecule has 0 unspecified atom stereocenters. The lowest BCUT2D eigenvalue weighted by Gasteiger charge is -2.25. The normalized spacial score (nSPS) is 10.5. The van der Waals surface area contributed by atoms with Gasteiger partial charge in [-0.2, -0.15) is 0 Å². The molecule has 3 nitrogen and oxygen atoms in total. The second-order valence-electron chi connectivity index (χ2n) is 5.08. The van der Waals surface area contributed by atoms with Crippen LogP contribution in [0.5, 0.6) is 0 Å². The lowest BCUT2D eigenvalue weighted by atomic mass is 10.0. The van der Waals surface area contributed by atoms with Crippen LogP contribution in [0.4, 0.5) is 8.78 Å². The fraction of sp³-hybridized carbons (Fsp3) is 0.800. The third-order valence-electron chi connectivity index (χ3n) is 2.50. The molecular weight excluding hydrogens is 266 g/mol. The molecule has 0 N–H and O–H groups in total. The Hall–Kier alpha value is -0.970. The first-order valence-corrected chi connectivity index (χ1v) is 6.89. The average molecular weight is 294 g/mol. The lowest BCUT2D eigenvalue weighted by Crippen LogP contribution is -2.25. The van der Waals surface area contributed by atoms with Crippen LogP contribution >= 0.6 is 0 Å². The van der Waals surface area contributed by atoms with Crippen LogP contribution in [-0.2, 0) is 14.3 Å². The maximum atomic E-state index is 11.1. The SMILES string of the molecule is C=C(C)C(=O)OCCCOC(C)(C)CCCC.FCF. The number of halogens is 2. The molecule has 0 saturated heterocycles. The third kappa shape index (κ3) is 15.1. The van der Waals surface area contributed by atoms with Crippen LogP contribution in [-0.4, -0.2) is 31.7 Å². The zero-order chi connectivity index (χ0) is 16.0. The summed E-state index contributed by atoms with van der Waals surface area (Å²) in [4.78, 5) is 11.1. The molecule has 0 aliphatic rings. The zero-order valence-corrected chi connectivity index (χ0v) is 13.1. The highest BCUT2D eigenvalue weighted by molar-refractivity contribution is 5.86. The Bertz CT molecular complexity index is 266. The molecule has 0 aromatic rings. The van der Waals surface area contributed by atoms with Crippen molar-refractivity contribution in [3.8, 4) is 0 Å². The highest BCUT2D eigenvalue weighted by Gasteiger charge is 2.16. The van der Waals surface area contributed by atoms with E-state index in [1.165, 1.54) is 12.8 Å². The van der Waals surface area contributed by atoms with Crippen LogP contribution in [0.15, 0.2) is 12.2 Å². The molecule has 0 radical (unpaired) electrons. The Morgan fingerprint density at radius 3 is 2.20 bits per heavy atom. The van der Waals surface area contributed by atoms with Gasteiger partial charge in [0, 0.05) is 12.0 Å². The van der Waals surface area contributed by atoms with Gasteiger partial charge in [-0.25, -0.2) is 13.6 Å². The van der Waals surface area contributed by atoms with Crippen LogP contribution < -0.4 is 0 Å². The van der Waals surface area contributed by atoms with Crippen molar-refractivity contribution in [2.45, 2.75) is 59.0 Å². The van der Waals surface area contributed by atoms with E-state index < -0.39 is 6.93 Å². The first-order valence-electron chi connectivity index (χ1n) is 6.89. The van der Waals surface area contributed by atoms with Crippen molar-refractivity contribution >= 4 is 5.97 Å². The molecule has 0 spiro atoms. The van der Waals surface area contributed by atoms with Crippen molar-refractivity contribution in [2.24, 2.45) is 0 Å². The molecule has 20 heavy (non-hydrogen) atoms. The minimum Gasteiger partial charge on any atom is -0.462 e. The minimum atomic E-state index is -1.75. The predicted molar refractivity (Wildman–Crippen MR) is 77.0 cm³/mol. The number of hydrogen-bond donors (Lipinski definition) is 0. The van der Waals surface area contributed by atoms with Gasteiger partial charge in [-0.15, -0.1) is 0 Å². The average Bonchev–Trinajstić information content (AvgIpc) is 2.36. The van der Waals surface area contributed by atoms with Gasteiger partial charge in [0.05, 0.1) is 18.8 Å². The highest BCUT2D eigenvalue weighted by atomic mass is 19.3. The van der Waals surface area contributed by atoms with Crippen LogP contribution in [0.1, 0.15) is 53.4 Å². The number of esters is 1. The van der Waals surface area contributed by atoms with Crippen molar-refractivity contribution in [3.05, 3.63) is 12.2 Å². The van der Waals surface area contributed by atoms with Crippen molar-refractivity contribution in [1.82, 2.24) is 0 Å². The molecule has 0 saturated carbocycles. The summed E-state index contributed by atoms with van der Waals surface area (Å²) >= 11 is 0. The van der Waals surface area contributed by atoms with Crippen molar-refractivity contribution < 1.29 is 23.0 Å². The van der Waals surface area contributed by atoms with E-state index in [1.807, 2.05) is 0 Å². The summed E-state index contributed by atoms with van der Waals surface area (Å²) in [6, 6.07) is 0. The second-order valence-corrected chi connectivity index (χ2v) is 5.08. The Kier molecular flexibility index (Phi) is 13.9. The Morgan fingerprint density at radius 2 is 1.75 bits per heavy atom. The summed E-state index contributed by atoms with van der Waals surface area (Å²) in [5, 5.41) is 0. The molecule has 0 heterocycles. The molecule has 0 aromatic heterocycles. The van der Waals surface area contributed by atoms with Gasteiger partial charge in [0.15, 0.2) is 0 Å². The Labute approximate surface area is 121 Å². The monoisotopic (exact) mass is 294 g/mol. The number of ether oxygens (including phenoxy) is 2. The van der Waals surface area contributed by atoms with E-state index in [0.717, 1.165) is 12.8 Å². The molecule has 0 aliphatic carbocycles. The number of carbonyl (C=O) groups is 1. The van der Waals surface area contributed by atoms with Gasteiger partial charge >= 0.3 is 5.97 Å². The van der Waals surface area contributed by atoms with E-state index in [2.05, 4.69) is 27.4 Å². The van der Waals surface area contributed by atoms with Gasteiger partial charge in [-0.05, 0) is 27.2 Å². The third-order valence-corrected chi connectivity index (χ3v) is 2.50. The van der Waals surface area contributed by atoms with Crippen LogP contribution in [0.3, 0.4) is 0 Å². The second kappa shape index (κ2) is 13.0. The number of unbranched alkanes of at least 4 members (excludes halogenated alkanes) is 1. The number of hydrogen-bond acceptors (Lipinski definition) is 3. The molecule has 0 atom stereocenters. The van der Waals surface area contributed by atoms with Gasteiger partial charge in [0.25, 0.3) is 0 Å². The Balaban J connectivity index is 0. The highest BCUT2D eigenvalue weighted by Crippen LogP contribution is 2.17. The first kappa shape index (κ1) is 21.3. The van der Waals surface area contributed by atoms with Crippen molar-refractivity contribution in [3.63, 3.8) is 0 Å². The van der Waals surface area contributed by atoms with E-state index in [1.54, 1.807) is 6.92 Å². The molecule has 0 fully saturated rings. The molecule has 0 bridgehead atoms. The fourth-order valence-electron chi connectivity index (χ4n) is 1.37. The summed E-state index contributed by atoms with van der Waals surface area (Å²) in [6.07, 6.45) is 4.16. The van der Waals surface area contributed by atoms with Crippen molar-refractivity contribution in [1.29, 1.82) is 0 Å². The Morgan fingerprint density at radius 1 is 1.20 bits per heavy atom. The predicted octanol–water partition coefficient (Wildman–Crippen LogP) is 4.36. The van der Waals surface area contributed by atoms with Crippen LogP contribution in [0.25, 0.3) is 0 Å². The van der Waals surface area contributed by atoms with Crippen LogP contribution in [0.2, 0.25) is 0 Å². The largest absolute Gasteiger partial charge is 0.462 e. The zero-order valence-electron chi connectivity index (χ0n) is 13.1. The lowest BCUT2D eigenvalue weighted by molar-refractivity contribution is -0.139. The van der Waals surface area contributed by atoms with Gasteiger partial charge in [-0.3, -0.25) is 0 Å². The van der Waals surface area contributed by atoms with E-state index in [4.69, 9.17) is 9.47 Å². The molecule has 0 aliphatic heterocycles. The molecule has 5 heteroatoms. The minimum absolute atomic E-state index is 0.0750. The van der Waals surface area contributed by atoms with E-state index in [-0.39, 0.29) is 11.6 Å². The first-order chi connectivity index (χ1) is 9.30. The van der Waals surface area contributed by atoms with E-state index in [0.29, 0.717) is 18.8 Å². The van der Waals surface area contributed by atoms with Gasteiger partial charge in [-0.1, -0.05) is 26.3 Å². The topological polar surface area (TPSA) is 35.5 Å². The summed E-state index contributed by atoms with van der Waals surface area (Å²) in [5.41, 5.74) is 0.364. The van der Waals surface area contributed by atoms with Gasteiger partial charge in [0.1, 0.15) is 0 Å². The number of rotatable bonds is 9. The van der Waals surface area contributed by atoms with Crippen molar-refractivity contribution in [2.75, 3.05) is 20.1 Å². The quantitative estimate of drug-likeness (QED) is 0.360. The fourth-order valence-corrected chi connectivity index (χ4v) is 1.37. The molecule has 0 amide bonds. The van der Waals surface area contributed by atoms with Gasteiger partial charge < -0.3 is 9.47 Å². The van der Waals surface area contributed by atoms with Gasteiger partial charge in [0.2, 0.25) is 6.93 Å². The maximum Gasteiger partial charge on any atom is 0.333 e. The summed E-state index contributed by atoms with van der Waals surface area (Å²) in [5.74, 6) is -0.324. The van der Waals surface area contributed by atoms with E-state index in [9.17, 15) is 13.6 Å². The summed E-state index contributed by atoms with van der Waals surface area (Å²) in [6.45, 7) is 10.8. The number of alkyl halides is 2.